The highest BCUT2D eigenvalue weighted by molar-refractivity contribution is 6.44. The van der Waals surface area contributed by atoms with Gasteiger partial charge >= 0.3 is 0 Å². The predicted molar refractivity (Wildman–Crippen MR) is 100 cm³/mol. The van der Waals surface area contributed by atoms with Gasteiger partial charge in [0.25, 0.3) is 0 Å². The second-order valence-electron chi connectivity index (χ2n) is 5.86. The predicted octanol–water partition coefficient (Wildman–Crippen LogP) is 4.63. The van der Waals surface area contributed by atoms with Crippen LogP contribution in [0.25, 0.3) is 0 Å². The first-order valence-corrected chi connectivity index (χ1v) is 8.85. The van der Waals surface area contributed by atoms with Gasteiger partial charge in [-0.1, -0.05) is 59.1 Å². The Hall–Kier alpha value is -1.75. The number of rotatable bonds is 4. The number of anilines is 1. The van der Waals surface area contributed by atoms with Gasteiger partial charge in [0.15, 0.2) is 0 Å². The highest BCUT2D eigenvalue weighted by Gasteiger charge is 2.34. The Bertz CT molecular complexity index is 826. The maximum atomic E-state index is 12.5. The summed E-state index contributed by atoms with van der Waals surface area (Å²) in [5, 5.41) is 4.00. The summed E-state index contributed by atoms with van der Waals surface area (Å²) in [6.07, 6.45) is 0.161. The molecular weight excluding hydrogens is 383 g/mol. The van der Waals surface area contributed by atoms with Crippen molar-refractivity contribution in [2.45, 2.75) is 13.0 Å². The molecule has 3 rings (SSSR count). The fraction of sp³-hybridized carbons (Fsp3) is 0.222. The molecule has 1 unspecified atom stereocenters. The molecule has 0 spiro atoms. The van der Waals surface area contributed by atoms with E-state index in [1.54, 1.807) is 29.2 Å². The smallest absolute Gasteiger partial charge is 0.229 e. The first kappa shape index (κ1) is 18.1. The van der Waals surface area contributed by atoms with Crippen molar-refractivity contribution in [3.63, 3.8) is 0 Å². The maximum absolute atomic E-state index is 12.5. The van der Waals surface area contributed by atoms with Gasteiger partial charge in [-0.05, 0) is 23.8 Å². The lowest BCUT2D eigenvalue weighted by Gasteiger charge is -2.17. The van der Waals surface area contributed by atoms with Crippen LogP contribution in [-0.2, 0) is 16.1 Å². The van der Waals surface area contributed by atoms with Gasteiger partial charge in [0.2, 0.25) is 11.8 Å². The molecule has 7 heteroatoms. The van der Waals surface area contributed by atoms with Crippen molar-refractivity contribution in [2.75, 3.05) is 11.9 Å². The molecule has 4 nitrogen and oxygen atoms in total. The third-order valence-corrected chi connectivity index (χ3v) is 5.30. The fourth-order valence-corrected chi connectivity index (χ4v) is 3.31. The van der Waals surface area contributed by atoms with Crippen molar-refractivity contribution in [3.8, 4) is 0 Å². The number of hydrogen-bond donors (Lipinski definition) is 1. The average Bonchev–Trinajstić information content (AvgIpc) is 2.95. The summed E-state index contributed by atoms with van der Waals surface area (Å²) in [5.41, 5.74) is 1.30. The fourth-order valence-electron chi connectivity index (χ4n) is 2.77. The number of carbonyl (C=O) groups excluding carboxylic acids is 2. The van der Waals surface area contributed by atoms with Gasteiger partial charge < -0.3 is 10.2 Å². The van der Waals surface area contributed by atoms with E-state index in [0.29, 0.717) is 28.8 Å². The maximum Gasteiger partial charge on any atom is 0.229 e. The van der Waals surface area contributed by atoms with E-state index in [9.17, 15) is 9.59 Å². The molecule has 1 aliphatic heterocycles. The molecule has 0 aromatic heterocycles. The van der Waals surface area contributed by atoms with Crippen LogP contribution < -0.4 is 5.32 Å². The van der Waals surface area contributed by atoms with Crippen molar-refractivity contribution in [3.05, 3.63) is 63.1 Å². The minimum atomic E-state index is -0.440. The van der Waals surface area contributed by atoms with E-state index in [0.717, 1.165) is 5.56 Å². The third-order valence-electron chi connectivity index (χ3n) is 4.11. The van der Waals surface area contributed by atoms with E-state index in [4.69, 9.17) is 34.8 Å². The number of hydrogen-bond acceptors (Lipinski definition) is 2. The lowest BCUT2D eigenvalue weighted by atomic mass is 10.1. The third kappa shape index (κ3) is 4.09. The van der Waals surface area contributed by atoms with Gasteiger partial charge in [0, 0.05) is 24.5 Å². The Labute approximate surface area is 160 Å². The standard InChI is InChI=1S/C18H15Cl3N2O2/c19-13-5-2-1-4-11(13)9-23-10-12(8-16(23)24)18(25)22-15-7-3-6-14(20)17(15)21/h1-7,12H,8-10H2,(H,22,25). The quantitative estimate of drug-likeness (QED) is 0.817. The normalized spacial score (nSPS) is 17.0. The Morgan fingerprint density at radius 1 is 1.08 bits per heavy atom. The average molecular weight is 398 g/mol. The van der Waals surface area contributed by atoms with E-state index in [2.05, 4.69) is 5.32 Å². The van der Waals surface area contributed by atoms with Crippen LogP contribution in [0.2, 0.25) is 15.1 Å². The van der Waals surface area contributed by atoms with Crippen molar-refractivity contribution >= 4 is 52.3 Å². The molecule has 1 saturated heterocycles. The lowest BCUT2D eigenvalue weighted by Crippen LogP contribution is -2.28. The first-order chi connectivity index (χ1) is 12.0. The number of nitrogens with zero attached hydrogens (tertiary/aromatic N) is 1. The topological polar surface area (TPSA) is 49.4 Å². The van der Waals surface area contributed by atoms with E-state index < -0.39 is 5.92 Å². The Kier molecular flexibility index (Phi) is 5.52. The first-order valence-electron chi connectivity index (χ1n) is 7.71. The van der Waals surface area contributed by atoms with Gasteiger partial charge in [0.1, 0.15) is 0 Å². The van der Waals surface area contributed by atoms with Crippen LogP contribution in [0.15, 0.2) is 42.5 Å². The zero-order chi connectivity index (χ0) is 18.0. The number of amides is 2. The van der Waals surface area contributed by atoms with Gasteiger partial charge in [-0.25, -0.2) is 0 Å². The molecule has 0 bridgehead atoms. The van der Waals surface area contributed by atoms with Gasteiger partial charge in [0.05, 0.1) is 21.7 Å². The summed E-state index contributed by atoms with van der Waals surface area (Å²) in [6.45, 7) is 0.730. The van der Waals surface area contributed by atoms with Crippen molar-refractivity contribution < 1.29 is 9.59 Å². The van der Waals surface area contributed by atoms with E-state index in [1.807, 2.05) is 18.2 Å². The van der Waals surface area contributed by atoms with Gasteiger partial charge in [-0.2, -0.15) is 0 Å². The molecule has 2 amide bonds. The summed E-state index contributed by atoms with van der Waals surface area (Å²) < 4.78 is 0. The molecule has 0 aliphatic carbocycles. The minimum absolute atomic E-state index is 0.0720. The van der Waals surface area contributed by atoms with Crippen LogP contribution in [0.4, 0.5) is 5.69 Å². The van der Waals surface area contributed by atoms with Crippen molar-refractivity contribution in [1.82, 2.24) is 4.90 Å². The molecular formula is C18H15Cl3N2O2. The molecule has 1 heterocycles. The molecule has 0 radical (unpaired) electrons. The van der Waals surface area contributed by atoms with Crippen LogP contribution >= 0.6 is 34.8 Å². The number of carbonyl (C=O) groups is 2. The highest BCUT2D eigenvalue weighted by Crippen LogP contribution is 2.31. The second kappa shape index (κ2) is 7.65. The molecule has 1 fully saturated rings. The molecule has 2 aromatic rings. The van der Waals surface area contributed by atoms with Crippen LogP contribution in [0.1, 0.15) is 12.0 Å². The highest BCUT2D eigenvalue weighted by atomic mass is 35.5. The Morgan fingerprint density at radius 3 is 2.56 bits per heavy atom. The summed E-state index contributed by atoms with van der Waals surface area (Å²) in [5.74, 6) is -0.763. The summed E-state index contributed by atoms with van der Waals surface area (Å²) in [7, 11) is 0. The van der Waals surface area contributed by atoms with Gasteiger partial charge in [-0.15, -0.1) is 0 Å². The molecule has 1 aliphatic rings. The van der Waals surface area contributed by atoms with Crippen LogP contribution in [0, 0.1) is 5.92 Å². The zero-order valence-corrected chi connectivity index (χ0v) is 15.4. The van der Waals surface area contributed by atoms with Crippen molar-refractivity contribution in [1.29, 1.82) is 0 Å². The Balaban J connectivity index is 1.66. The molecule has 130 valence electrons. The molecule has 1 N–H and O–H groups in total. The summed E-state index contributed by atoms with van der Waals surface area (Å²) in [6, 6.07) is 12.4. The number of halogens is 3. The van der Waals surface area contributed by atoms with Gasteiger partial charge in [-0.3, -0.25) is 9.59 Å². The van der Waals surface area contributed by atoms with Crippen molar-refractivity contribution in [2.24, 2.45) is 5.92 Å². The second-order valence-corrected chi connectivity index (χ2v) is 7.05. The van der Waals surface area contributed by atoms with E-state index in [-0.39, 0.29) is 23.3 Å². The molecule has 2 aromatic carbocycles. The Morgan fingerprint density at radius 2 is 1.80 bits per heavy atom. The molecule has 0 saturated carbocycles. The lowest BCUT2D eigenvalue weighted by molar-refractivity contribution is -0.128. The van der Waals surface area contributed by atoms with Crippen LogP contribution in [-0.4, -0.2) is 23.3 Å². The number of likely N-dealkylation sites (tertiary alicyclic amines) is 1. The summed E-state index contributed by atoms with van der Waals surface area (Å²) >= 11 is 18.2. The van der Waals surface area contributed by atoms with Crippen LogP contribution in [0.5, 0.6) is 0 Å². The monoisotopic (exact) mass is 396 g/mol. The zero-order valence-electron chi connectivity index (χ0n) is 13.1. The van der Waals surface area contributed by atoms with E-state index >= 15 is 0 Å². The SMILES string of the molecule is O=C(Nc1cccc(Cl)c1Cl)C1CC(=O)N(Cc2ccccc2Cl)C1. The van der Waals surface area contributed by atoms with E-state index in [1.165, 1.54) is 0 Å². The number of benzene rings is 2. The molecule has 25 heavy (non-hydrogen) atoms. The molecule has 1 atom stereocenters. The number of nitrogens with one attached hydrogen (secondary N) is 1. The summed E-state index contributed by atoms with van der Waals surface area (Å²) in [4.78, 5) is 26.3. The largest absolute Gasteiger partial charge is 0.337 e. The minimum Gasteiger partial charge on any atom is -0.337 e. The van der Waals surface area contributed by atoms with Crippen LogP contribution in [0.3, 0.4) is 0 Å².